The van der Waals surface area contributed by atoms with Crippen molar-refractivity contribution in [2.24, 2.45) is 0 Å². The molecule has 4 aromatic rings. The van der Waals surface area contributed by atoms with Gasteiger partial charge in [0.15, 0.2) is 0 Å². The molecule has 144 valence electrons. The highest BCUT2D eigenvalue weighted by molar-refractivity contribution is 6.06. The summed E-state index contributed by atoms with van der Waals surface area (Å²) in [7, 11) is 1.30. The summed E-state index contributed by atoms with van der Waals surface area (Å²) in [4.78, 5) is 32.2. The number of carbonyl (C=O) groups excluding carboxylic acids is 2. The maximum absolute atomic E-state index is 12.6. The van der Waals surface area contributed by atoms with E-state index in [0.29, 0.717) is 16.8 Å². The molecule has 0 aliphatic heterocycles. The highest BCUT2D eigenvalue weighted by atomic mass is 16.5. The van der Waals surface area contributed by atoms with Gasteiger partial charge >= 0.3 is 5.97 Å². The molecule has 0 spiro atoms. The SMILES string of the molecule is COC(=O)c1cccc(C(=O)Nc2ccc3[nH]c(-c4ccccc4C)nc3c2)c1. The van der Waals surface area contributed by atoms with Crippen LogP contribution in [0.1, 0.15) is 26.3 Å². The van der Waals surface area contributed by atoms with E-state index in [4.69, 9.17) is 4.74 Å². The zero-order valence-electron chi connectivity index (χ0n) is 16.0. The highest BCUT2D eigenvalue weighted by Gasteiger charge is 2.12. The normalized spacial score (nSPS) is 10.7. The van der Waals surface area contributed by atoms with Crippen molar-refractivity contribution in [3.05, 3.63) is 83.4 Å². The van der Waals surface area contributed by atoms with Gasteiger partial charge in [-0.2, -0.15) is 0 Å². The Balaban J connectivity index is 1.60. The van der Waals surface area contributed by atoms with E-state index < -0.39 is 5.97 Å². The van der Waals surface area contributed by atoms with Crippen LogP contribution in [0.3, 0.4) is 0 Å². The number of nitrogens with zero attached hydrogens (tertiary/aromatic N) is 1. The van der Waals surface area contributed by atoms with Gasteiger partial charge in [0.2, 0.25) is 0 Å². The number of hydrogen-bond donors (Lipinski definition) is 2. The van der Waals surface area contributed by atoms with Crippen LogP contribution in [0.2, 0.25) is 0 Å². The molecule has 0 fully saturated rings. The number of nitrogens with one attached hydrogen (secondary N) is 2. The van der Waals surface area contributed by atoms with Crippen LogP contribution < -0.4 is 5.32 Å². The predicted molar refractivity (Wildman–Crippen MR) is 112 cm³/mol. The van der Waals surface area contributed by atoms with Crippen LogP contribution in [0.25, 0.3) is 22.4 Å². The maximum atomic E-state index is 12.6. The average Bonchev–Trinajstić information content (AvgIpc) is 3.16. The first-order chi connectivity index (χ1) is 14.0. The van der Waals surface area contributed by atoms with E-state index >= 15 is 0 Å². The second kappa shape index (κ2) is 7.59. The fraction of sp³-hybridized carbons (Fsp3) is 0.0870. The van der Waals surface area contributed by atoms with Crippen LogP contribution >= 0.6 is 0 Å². The summed E-state index contributed by atoms with van der Waals surface area (Å²) in [5, 5.41) is 2.85. The lowest BCUT2D eigenvalue weighted by Gasteiger charge is -2.06. The lowest BCUT2D eigenvalue weighted by molar-refractivity contribution is 0.0600. The molecular weight excluding hydrogens is 366 g/mol. The Morgan fingerprint density at radius 1 is 0.966 bits per heavy atom. The summed E-state index contributed by atoms with van der Waals surface area (Å²) >= 11 is 0. The molecule has 0 bridgehead atoms. The number of aromatic amines is 1. The summed E-state index contributed by atoms with van der Waals surface area (Å²) in [5.74, 6) is -0.0153. The van der Waals surface area contributed by atoms with Crippen molar-refractivity contribution in [1.29, 1.82) is 0 Å². The van der Waals surface area contributed by atoms with Gasteiger partial charge < -0.3 is 15.0 Å². The van der Waals surface area contributed by atoms with Crippen molar-refractivity contribution in [2.75, 3.05) is 12.4 Å². The number of rotatable bonds is 4. The van der Waals surface area contributed by atoms with Crippen LogP contribution in [-0.4, -0.2) is 29.0 Å². The number of esters is 1. The molecule has 0 aliphatic carbocycles. The Hall–Kier alpha value is -3.93. The minimum Gasteiger partial charge on any atom is -0.465 e. The number of hydrogen-bond acceptors (Lipinski definition) is 4. The molecule has 0 radical (unpaired) electrons. The predicted octanol–water partition coefficient (Wildman–Crippen LogP) is 4.58. The summed E-state index contributed by atoms with van der Waals surface area (Å²) in [6, 6.07) is 19.9. The van der Waals surface area contributed by atoms with Gasteiger partial charge in [-0.1, -0.05) is 30.3 Å². The third-order valence-corrected chi connectivity index (χ3v) is 4.69. The van der Waals surface area contributed by atoms with Gasteiger partial charge in [0, 0.05) is 16.8 Å². The third-order valence-electron chi connectivity index (χ3n) is 4.69. The fourth-order valence-electron chi connectivity index (χ4n) is 3.16. The molecular formula is C23H19N3O3. The van der Waals surface area contributed by atoms with E-state index in [-0.39, 0.29) is 5.91 Å². The molecule has 0 saturated carbocycles. The topological polar surface area (TPSA) is 84.1 Å². The molecule has 0 aliphatic rings. The number of methoxy groups -OCH3 is 1. The first-order valence-electron chi connectivity index (χ1n) is 9.10. The van der Waals surface area contributed by atoms with Crippen molar-refractivity contribution >= 4 is 28.6 Å². The molecule has 4 rings (SSSR count). The number of anilines is 1. The molecule has 0 atom stereocenters. The molecule has 1 amide bonds. The van der Waals surface area contributed by atoms with E-state index in [2.05, 4.69) is 15.3 Å². The summed E-state index contributed by atoms with van der Waals surface area (Å²) < 4.78 is 4.70. The Morgan fingerprint density at radius 2 is 1.76 bits per heavy atom. The fourth-order valence-corrected chi connectivity index (χ4v) is 3.16. The standard InChI is InChI=1S/C23H19N3O3/c1-14-6-3-4-9-18(14)21-25-19-11-10-17(13-20(19)26-21)24-22(27)15-7-5-8-16(12-15)23(28)29-2/h3-13H,1-2H3,(H,24,27)(H,25,26). The second-order valence-corrected chi connectivity index (χ2v) is 6.66. The van der Waals surface area contributed by atoms with Crippen molar-refractivity contribution < 1.29 is 14.3 Å². The molecule has 3 aromatic carbocycles. The van der Waals surface area contributed by atoms with E-state index in [1.807, 2.05) is 49.4 Å². The smallest absolute Gasteiger partial charge is 0.337 e. The molecule has 1 aromatic heterocycles. The number of aromatic nitrogens is 2. The lowest BCUT2D eigenvalue weighted by atomic mass is 10.1. The van der Waals surface area contributed by atoms with Gasteiger partial charge in [-0.15, -0.1) is 0 Å². The van der Waals surface area contributed by atoms with Gasteiger partial charge in [0.1, 0.15) is 5.82 Å². The summed E-state index contributed by atoms with van der Waals surface area (Å²) in [5.41, 5.74) is 5.12. The summed E-state index contributed by atoms with van der Waals surface area (Å²) in [6.45, 7) is 2.04. The van der Waals surface area contributed by atoms with Gasteiger partial charge in [0.25, 0.3) is 5.91 Å². The van der Waals surface area contributed by atoms with Crippen LogP contribution in [0.4, 0.5) is 5.69 Å². The van der Waals surface area contributed by atoms with E-state index in [1.165, 1.54) is 13.2 Å². The van der Waals surface area contributed by atoms with Crippen LogP contribution in [0.15, 0.2) is 66.7 Å². The molecule has 29 heavy (non-hydrogen) atoms. The van der Waals surface area contributed by atoms with Crippen LogP contribution in [0, 0.1) is 6.92 Å². The average molecular weight is 385 g/mol. The Bertz CT molecular complexity index is 1230. The summed E-state index contributed by atoms with van der Waals surface area (Å²) in [6.07, 6.45) is 0. The highest BCUT2D eigenvalue weighted by Crippen LogP contribution is 2.25. The van der Waals surface area contributed by atoms with Crippen molar-refractivity contribution in [3.8, 4) is 11.4 Å². The molecule has 6 heteroatoms. The zero-order chi connectivity index (χ0) is 20.4. The van der Waals surface area contributed by atoms with Gasteiger partial charge in [-0.3, -0.25) is 4.79 Å². The van der Waals surface area contributed by atoms with Crippen LogP contribution in [0.5, 0.6) is 0 Å². The maximum Gasteiger partial charge on any atom is 0.337 e. The van der Waals surface area contributed by atoms with Gasteiger partial charge in [0.05, 0.1) is 23.7 Å². The monoisotopic (exact) mass is 385 g/mol. The quantitative estimate of drug-likeness (QED) is 0.504. The third kappa shape index (κ3) is 3.73. The van der Waals surface area contributed by atoms with Crippen molar-refractivity contribution in [3.63, 3.8) is 0 Å². The lowest BCUT2D eigenvalue weighted by Crippen LogP contribution is -2.13. The number of benzene rings is 3. The van der Waals surface area contributed by atoms with Gasteiger partial charge in [-0.05, 0) is 48.9 Å². The minimum atomic E-state index is -0.485. The number of aryl methyl sites for hydroxylation is 1. The van der Waals surface area contributed by atoms with Crippen molar-refractivity contribution in [1.82, 2.24) is 9.97 Å². The zero-order valence-corrected chi connectivity index (χ0v) is 16.0. The molecule has 0 unspecified atom stereocenters. The number of amides is 1. The van der Waals surface area contributed by atoms with E-state index in [9.17, 15) is 9.59 Å². The Morgan fingerprint density at radius 3 is 2.55 bits per heavy atom. The molecule has 2 N–H and O–H groups in total. The number of carbonyl (C=O) groups is 2. The first kappa shape index (κ1) is 18.4. The molecule has 0 saturated heterocycles. The minimum absolute atomic E-state index is 0.315. The van der Waals surface area contributed by atoms with Crippen molar-refractivity contribution in [2.45, 2.75) is 6.92 Å². The largest absolute Gasteiger partial charge is 0.465 e. The molecule has 1 heterocycles. The first-order valence-corrected chi connectivity index (χ1v) is 9.10. The number of ether oxygens (including phenoxy) is 1. The molecule has 6 nitrogen and oxygen atoms in total. The van der Waals surface area contributed by atoms with E-state index in [1.54, 1.807) is 18.2 Å². The number of H-pyrrole nitrogens is 1. The second-order valence-electron chi connectivity index (χ2n) is 6.66. The van der Waals surface area contributed by atoms with Crippen LogP contribution in [-0.2, 0) is 4.74 Å². The van der Waals surface area contributed by atoms with Gasteiger partial charge in [-0.25, -0.2) is 9.78 Å². The number of imidazole rings is 1. The Labute approximate surface area is 167 Å². The number of fused-ring (bicyclic) bond motifs is 1. The Kier molecular flexibility index (Phi) is 4.83. The van der Waals surface area contributed by atoms with E-state index in [0.717, 1.165) is 28.0 Å².